The van der Waals surface area contributed by atoms with Gasteiger partial charge in [0.2, 0.25) is 0 Å². The van der Waals surface area contributed by atoms with Gasteiger partial charge in [-0.1, -0.05) is 78.9 Å². The minimum Gasteiger partial charge on any atom is -0.623 e. The average molecular weight is 442 g/mol. The van der Waals surface area contributed by atoms with Gasteiger partial charge in [-0.3, -0.25) is 0 Å². The predicted octanol–water partition coefficient (Wildman–Crippen LogP) is 5.81. The topological polar surface area (TPSA) is 59.3 Å². The molecular formula is C26H23N2O3P. The number of hydrogen-bond donors (Lipinski definition) is 0. The van der Waals surface area contributed by atoms with Crippen LogP contribution < -0.4 is 4.89 Å². The van der Waals surface area contributed by atoms with Crippen LogP contribution in [0.5, 0.6) is 0 Å². The van der Waals surface area contributed by atoms with E-state index >= 15 is 0 Å². The summed E-state index contributed by atoms with van der Waals surface area (Å²) < 4.78 is 13.6. The summed E-state index contributed by atoms with van der Waals surface area (Å²) in [4.78, 5) is 13.9. The van der Waals surface area contributed by atoms with Crippen LogP contribution in [0.1, 0.15) is 23.7 Å². The molecular weight excluding hydrogens is 419 g/mol. The molecule has 1 aromatic heterocycles. The number of benzene rings is 3. The maximum absolute atomic E-state index is 13.9. The summed E-state index contributed by atoms with van der Waals surface area (Å²) in [5.74, 6) is 0.568. The first-order chi connectivity index (χ1) is 15.7. The normalized spacial score (nSPS) is 20.1. The first kappa shape index (κ1) is 20.7. The Balaban J connectivity index is 1.67. The van der Waals surface area contributed by atoms with Gasteiger partial charge in [0.1, 0.15) is 5.69 Å². The van der Waals surface area contributed by atoms with Crippen molar-refractivity contribution in [2.75, 3.05) is 6.61 Å². The van der Waals surface area contributed by atoms with Crippen molar-refractivity contribution in [1.29, 1.82) is 0 Å². The van der Waals surface area contributed by atoms with Crippen molar-refractivity contribution >= 4 is 13.7 Å². The molecule has 0 saturated heterocycles. The van der Waals surface area contributed by atoms with Crippen LogP contribution in [0, 0.1) is 0 Å². The molecule has 5 nitrogen and oxygen atoms in total. The van der Waals surface area contributed by atoms with E-state index in [4.69, 9.17) is 14.1 Å². The van der Waals surface area contributed by atoms with Gasteiger partial charge in [0, 0.05) is 29.0 Å². The second-order valence-electron chi connectivity index (χ2n) is 7.47. The fourth-order valence-electron chi connectivity index (χ4n) is 3.89. The van der Waals surface area contributed by atoms with Gasteiger partial charge in [0.15, 0.2) is 11.4 Å². The minimum absolute atomic E-state index is 0.289. The van der Waals surface area contributed by atoms with E-state index < -0.39 is 13.6 Å². The highest BCUT2D eigenvalue weighted by Crippen LogP contribution is 2.72. The third-order valence-corrected chi connectivity index (χ3v) is 7.55. The molecule has 2 heterocycles. The van der Waals surface area contributed by atoms with Gasteiger partial charge in [0.25, 0.3) is 7.94 Å². The molecule has 1 aliphatic rings. The summed E-state index contributed by atoms with van der Waals surface area (Å²) >= 11 is 0. The lowest BCUT2D eigenvalue weighted by molar-refractivity contribution is -0.213. The van der Waals surface area contributed by atoms with Crippen molar-refractivity contribution in [1.82, 2.24) is 9.78 Å². The Morgan fingerprint density at radius 3 is 2.12 bits per heavy atom. The Hall–Kier alpha value is -3.24. The second-order valence-corrected chi connectivity index (χ2v) is 9.55. The van der Waals surface area contributed by atoms with Crippen LogP contribution in [0.2, 0.25) is 0 Å². The van der Waals surface area contributed by atoms with Crippen LogP contribution in [0.25, 0.3) is 22.7 Å². The van der Waals surface area contributed by atoms with Gasteiger partial charge < -0.3 is 9.42 Å². The molecule has 160 valence electrons. The summed E-state index contributed by atoms with van der Waals surface area (Å²) in [6.07, 6.45) is 3.84. The zero-order valence-corrected chi connectivity index (χ0v) is 18.6. The van der Waals surface area contributed by atoms with E-state index in [9.17, 15) is 4.89 Å². The average Bonchev–Trinajstić information content (AvgIpc) is 3.42. The molecule has 0 radical (unpaired) electrons. The molecule has 0 spiro atoms. The summed E-state index contributed by atoms with van der Waals surface area (Å²) in [6.45, 7) is 2.11. The van der Waals surface area contributed by atoms with E-state index in [0.29, 0.717) is 5.76 Å². The van der Waals surface area contributed by atoms with Crippen LogP contribution in [-0.2, 0) is 9.05 Å². The summed E-state index contributed by atoms with van der Waals surface area (Å²) in [7, 11) is -3.50. The first-order valence-corrected chi connectivity index (χ1v) is 12.2. The monoisotopic (exact) mass is 442 g/mol. The van der Waals surface area contributed by atoms with Crippen molar-refractivity contribution < 1.29 is 13.9 Å². The number of rotatable bonds is 6. The summed E-state index contributed by atoms with van der Waals surface area (Å²) in [5, 5.41) is 4.87. The Kier molecular flexibility index (Phi) is 5.62. The molecule has 0 bridgehead atoms. The van der Waals surface area contributed by atoms with E-state index in [1.165, 1.54) is 0 Å². The highest BCUT2D eigenvalue weighted by Gasteiger charge is 2.50. The van der Waals surface area contributed by atoms with Crippen molar-refractivity contribution in [2.24, 2.45) is 0 Å². The quantitative estimate of drug-likeness (QED) is 0.354. The molecule has 0 saturated carbocycles. The number of aromatic nitrogens is 2. The van der Waals surface area contributed by atoms with Crippen molar-refractivity contribution in [3.8, 4) is 16.9 Å². The standard InChI is InChI=1S/C26H23N2O3P/c1-2-30-32(29)25(18-24(31-32)20-12-6-3-7-13-20)23-19-28(22-16-10-5-11-17-22)27-26(23)21-14-8-4-9-15-21/h3-19,25H,2H2,1H3. The third-order valence-electron chi connectivity index (χ3n) is 5.37. The second kappa shape index (κ2) is 8.71. The molecule has 0 fully saturated rings. The molecule has 0 amide bonds. The lowest BCUT2D eigenvalue weighted by atomic mass is 10.0. The highest BCUT2D eigenvalue weighted by atomic mass is 31.2. The molecule has 0 aliphatic carbocycles. The maximum Gasteiger partial charge on any atom is 0.296 e. The van der Waals surface area contributed by atoms with Gasteiger partial charge in [-0.15, -0.1) is 0 Å². The summed E-state index contributed by atoms with van der Waals surface area (Å²) in [5.41, 5.74) is 3.74. The van der Waals surface area contributed by atoms with E-state index in [0.717, 1.165) is 28.1 Å². The fraction of sp³-hybridized carbons (Fsp3) is 0.115. The molecule has 0 N–H and O–H groups in total. The molecule has 5 rings (SSSR count). The Morgan fingerprint density at radius 2 is 1.50 bits per heavy atom. The molecule has 32 heavy (non-hydrogen) atoms. The zero-order chi connectivity index (χ0) is 22.0. The predicted molar refractivity (Wildman–Crippen MR) is 126 cm³/mol. The van der Waals surface area contributed by atoms with E-state index in [1.54, 1.807) is 0 Å². The molecule has 2 atom stereocenters. The molecule has 6 heteroatoms. The van der Waals surface area contributed by atoms with Crippen molar-refractivity contribution in [2.45, 2.75) is 12.6 Å². The number of allylic oxidation sites excluding steroid dienone is 1. The molecule has 1 aliphatic heterocycles. The summed E-state index contributed by atoms with van der Waals surface area (Å²) in [6, 6.07) is 29.5. The van der Waals surface area contributed by atoms with Gasteiger partial charge in [-0.05, 0) is 19.1 Å². The zero-order valence-electron chi connectivity index (χ0n) is 17.7. The van der Waals surface area contributed by atoms with Gasteiger partial charge >= 0.3 is 0 Å². The maximum atomic E-state index is 13.9. The first-order valence-electron chi connectivity index (χ1n) is 10.6. The SMILES string of the molecule is CCO[P+]1([O-])OC(c2ccccc2)=CC1c1cn(-c2ccccc2)nc1-c1ccccc1. The van der Waals surface area contributed by atoms with E-state index in [1.807, 2.05) is 115 Å². The molecule has 2 unspecified atom stereocenters. The minimum atomic E-state index is -3.50. The van der Waals surface area contributed by atoms with E-state index in [2.05, 4.69) is 0 Å². The lowest BCUT2D eigenvalue weighted by Gasteiger charge is -2.27. The highest BCUT2D eigenvalue weighted by molar-refractivity contribution is 7.60. The largest absolute Gasteiger partial charge is 0.623 e. The Morgan fingerprint density at radius 1 is 0.906 bits per heavy atom. The van der Waals surface area contributed by atoms with Crippen LogP contribution in [0.15, 0.2) is 103 Å². The Bertz CT molecular complexity index is 1230. The smallest absolute Gasteiger partial charge is 0.296 e. The van der Waals surface area contributed by atoms with Crippen LogP contribution in [0.4, 0.5) is 0 Å². The number of para-hydroxylation sites is 1. The number of hydrogen-bond acceptors (Lipinski definition) is 4. The van der Waals surface area contributed by atoms with Crippen molar-refractivity contribution in [3.05, 3.63) is 114 Å². The molecule has 4 aromatic rings. The van der Waals surface area contributed by atoms with Gasteiger partial charge in [-0.2, -0.15) is 5.10 Å². The fourth-order valence-corrected chi connectivity index (χ4v) is 5.87. The Labute approximate surface area is 188 Å². The van der Waals surface area contributed by atoms with Crippen LogP contribution >= 0.6 is 7.94 Å². The van der Waals surface area contributed by atoms with Gasteiger partial charge in [-0.25, -0.2) is 9.21 Å². The molecule has 3 aromatic carbocycles. The van der Waals surface area contributed by atoms with Gasteiger partial charge in [0.05, 0.1) is 12.3 Å². The van der Waals surface area contributed by atoms with Crippen molar-refractivity contribution in [3.63, 3.8) is 0 Å². The van der Waals surface area contributed by atoms with E-state index in [-0.39, 0.29) is 6.61 Å². The van der Waals surface area contributed by atoms with Crippen LogP contribution in [-0.4, -0.2) is 16.4 Å². The van der Waals surface area contributed by atoms with Crippen LogP contribution in [0.3, 0.4) is 0 Å². The number of nitrogens with zero attached hydrogens (tertiary/aromatic N) is 2. The lowest BCUT2D eigenvalue weighted by Crippen LogP contribution is -2.17. The third kappa shape index (κ3) is 3.87.